The molecule has 1 aromatic rings. The number of benzene rings is 1. The molecule has 3 nitrogen and oxygen atoms in total. The molecular weight excluding hydrogens is 221 g/mol. The zero-order chi connectivity index (χ0) is 10.7. The average Bonchev–Trinajstić information content (AvgIpc) is 2.19. The van der Waals surface area contributed by atoms with Crippen molar-refractivity contribution < 1.29 is 14.6 Å². The Morgan fingerprint density at radius 2 is 2.07 bits per heavy atom. The second-order valence-electron chi connectivity index (χ2n) is 3.20. The van der Waals surface area contributed by atoms with Gasteiger partial charge < -0.3 is 15.9 Å². The summed E-state index contributed by atoms with van der Waals surface area (Å²) in [5.74, 6) is -0.567. The van der Waals surface area contributed by atoms with E-state index in [1.54, 1.807) is 6.92 Å². The molecule has 0 fully saturated rings. The summed E-state index contributed by atoms with van der Waals surface area (Å²) in [6.07, 6.45) is -0.320. The minimum atomic E-state index is -0.775. The SMILES string of the molecule is CC[C@@H](O)[C@@H](N)c1cc(F)ccc1O.Cl. The molecule has 86 valence electrons. The molecule has 0 saturated heterocycles. The largest absolute Gasteiger partial charge is 0.508 e. The number of phenols is 1. The standard InChI is InChI=1S/C10H14FNO2.ClH/c1-2-8(13)10(12)7-5-6(11)3-4-9(7)14;/h3-5,8,10,13-14H,2,12H2,1H3;1H/t8-,10+;/m1./s1. The highest BCUT2D eigenvalue weighted by Gasteiger charge is 2.18. The molecule has 0 aromatic heterocycles. The molecule has 1 rings (SSSR count). The van der Waals surface area contributed by atoms with Crippen molar-refractivity contribution in [3.05, 3.63) is 29.6 Å². The van der Waals surface area contributed by atoms with E-state index >= 15 is 0 Å². The van der Waals surface area contributed by atoms with Crippen molar-refractivity contribution >= 4 is 12.4 Å². The van der Waals surface area contributed by atoms with Crippen LogP contribution < -0.4 is 5.73 Å². The second kappa shape index (κ2) is 5.90. The fourth-order valence-electron chi connectivity index (χ4n) is 1.25. The maximum Gasteiger partial charge on any atom is 0.123 e. The monoisotopic (exact) mass is 235 g/mol. The van der Waals surface area contributed by atoms with Crippen molar-refractivity contribution in [1.29, 1.82) is 0 Å². The molecule has 0 bridgehead atoms. The molecule has 0 aliphatic heterocycles. The number of rotatable bonds is 3. The Hall–Kier alpha value is -0.840. The molecule has 0 heterocycles. The predicted octanol–water partition coefficient (Wildman–Crippen LogP) is 1.72. The van der Waals surface area contributed by atoms with Gasteiger partial charge in [-0.15, -0.1) is 12.4 Å². The van der Waals surface area contributed by atoms with Crippen LogP contribution in [0.25, 0.3) is 0 Å². The lowest BCUT2D eigenvalue weighted by Gasteiger charge is -2.18. The number of nitrogens with two attached hydrogens (primary N) is 1. The van der Waals surface area contributed by atoms with Crippen LogP contribution in [0.5, 0.6) is 5.75 Å². The first-order chi connectivity index (χ1) is 6.56. The third-order valence-corrected chi connectivity index (χ3v) is 2.18. The Labute approximate surface area is 94.1 Å². The molecule has 0 unspecified atom stereocenters. The molecule has 0 aliphatic rings. The van der Waals surface area contributed by atoms with Gasteiger partial charge in [0.05, 0.1) is 12.1 Å². The van der Waals surface area contributed by atoms with Crippen LogP contribution in [0.3, 0.4) is 0 Å². The van der Waals surface area contributed by atoms with E-state index in [0.717, 1.165) is 12.1 Å². The Morgan fingerprint density at radius 3 is 2.60 bits per heavy atom. The summed E-state index contributed by atoms with van der Waals surface area (Å²) in [4.78, 5) is 0. The van der Waals surface area contributed by atoms with E-state index in [1.165, 1.54) is 6.07 Å². The zero-order valence-electron chi connectivity index (χ0n) is 8.35. The lowest BCUT2D eigenvalue weighted by Crippen LogP contribution is -2.25. The average molecular weight is 236 g/mol. The van der Waals surface area contributed by atoms with E-state index in [9.17, 15) is 14.6 Å². The summed E-state index contributed by atoms with van der Waals surface area (Å²) in [5, 5.41) is 18.8. The van der Waals surface area contributed by atoms with Crippen molar-refractivity contribution in [2.45, 2.75) is 25.5 Å². The van der Waals surface area contributed by atoms with E-state index in [1.807, 2.05) is 0 Å². The first kappa shape index (κ1) is 14.2. The third kappa shape index (κ3) is 3.34. The van der Waals surface area contributed by atoms with E-state index < -0.39 is 18.0 Å². The van der Waals surface area contributed by atoms with Gasteiger partial charge in [-0.3, -0.25) is 0 Å². The Kier molecular flexibility index (Phi) is 5.57. The van der Waals surface area contributed by atoms with Gasteiger partial charge >= 0.3 is 0 Å². The van der Waals surface area contributed by atoms with Crippen LogP contribution in [0.2, 0.25) is 0 Å². The maximum absolute atomic E-state index is 12.8. The highest BCUT2D eigenvalue weighted by molar-refractivity contribution is 5.85. The molecule has 0 aliphatic carbocycles. The minimum absolute atomic E-state index is 0. The van der Waals surface area contributed by atoms with E-state index in [0.29, 0.717) is 6.42 Å². The van der Waals surface area contributed by atoms with Crippen LogP contribution in [0.1, 0.15) is 24.9 Å². The minimum Gasteiger partial charge on any atom is -0.508 e. The number of hydrogen-bond donors (Lipinski definition) is 3. The van der Waals surface area contributed by atoms with Gasteiger partial charge in [0.15, 0.2) is 0 Å². The lowest BCUT2D eigenvalue weighted by atomic mass is 10.00. The lowest BCUT2D eigenvalue weighted by molar-refractivity contribution is 0.139. The first-order valence-electron chi connectivity index (χ1n) is 4.48. The van der Waals surface area contributed by atoms with Crippen molar-refractivity contribution in [1.82, 2.24) is 0 Å². The Morgan fingerprint density at radius 1 is 1.47 bits per heavy atom. The quantitative estimate of drug-likeness (QED) is 0.748. The van der Waals surface area contributed by atoms with Crippen LogP contribution >= 0.6 is 12.4 Å². The maximum atomic E-state index is 12.8. The van der Waals surface area contributed by atoms with Crippen molar-refractivity contribution in [2.24, 2.45) is 5.73 Å². The van der Waals surface area contributed by atoms with Crippen molar-refractivity contribution in [2.75, 3.05) is 0 Å². The van der Waals surface area contributed by atoms with E-state index in [2.05, 4.69) is 0 Å². The summed E-state index contributed by atoms with van der Waals surface area (Å²) < 4.78 is 12.8. The number of halogens is 2. The number of phenolic OH excluding ortho intramolecular Hbond substituents is 1. The van der Waals surface area contributed by atoms with E-state index in [-0.39, 0.29) is 23.7 Å². The van der Waals surface area contributed by atoms with Crippen molar-refractivity contribution in [3.63, 3.8) is 0 Å². The summed E-state index contributed by atoms with van der Waals surface area (Å²) in [7, 11) is 0. The van der Waals surface area contributed by atoms with Crippen LogP contribution in [0.15, 0.2) is 18.2 Å². The van der Waals surface area contributed by atoms with Gasteiger partial charge in [0, 0.05) is 5.56 Å². The molecule has 0 saturated carbocycles. The van der Waals surface area contributed by atoms with Crippen LogP contribution in [-0.4, -0.2) is 16.3 Å². The summed E-state index contributed by atoms with van der Waals surface area (Å²) in [5.41, 5.74) is 5.88. The number of aromatic hydroxyl groups is 1. The topological polar surface area (TPSA) is 66.5 Å². The van der Waals surface area contributed by atoms with Gasteiger partial charge in [-0.05, 0) is 24.6 Å². The fourth-order valence-corrected chi connectivity index (χ4v) is 1.25. The second-order valence-corrected chi connectivity index (χ2v) is 3.20. The van der Waals surface area contributed by atoms with Crippen LogP contribution in [0.4, 0.5) is 4.39 Å². The van der Waals surface area contributed by atoms with Gasteiger partial charge in [-0.1, -0.05) is 6.92 Å². The molecule has 0 radical (unpaired) electrons. The molecule has 4 N–H and O–H groups in total. The fraction of sp³-hybridized carbons (Fsp3) is 0.400. The van der Waals surface area contributed by atoms with E-state index in [4.69, 9.17) is 5.73 Å². The molecule has 15 heavy (non-hydrogen) atoms. The first-order valence-corrected chi connectivity index (χ1v) is 4.48. The predicted molar refractivity (Wildman–Crippen MR) is 58.5 cm³/mol. The number of aliphatic hydroxyl groups excluding tert-OH is 1. The Bertz CT molecular complexity index is 322. The van der Waals surface area contributed by atoms with Gasteiger partial charge in [0.1, 0.15) is 11.6 Å². The number of hydrogen-bond acceptors (Lipinski definition) is 3. The molecule has 1 aromatic carbocycles. The van der Waals surface area contributed by atoms with Gasteiger partial charge in [0.2, 0.25) is 0 Å². The van der Waals surface area contributed by atoms with Crippen LogP contribution in [-0.2, 0) is 0 Å². The molecule has 0 spiro atoms. The normalized spacial score (nSPS) is 14.1. The summed E-state index contributed by atoms with van der Waals surface area (Å²) in [6.45, 7) is 1.76. The zero-order valence-corrected chi connectivity index (χ0v) is 9.17. The van der Waals surface area contributed by atoms with Gasteiger partial charge in [-0.2, -0.15) is 0 Å². The van der Waals surface area contributed by atoms with Gasteiger partial charge in [-0.25, -0.2) is 4.39 Å². The molecule has 0 amide bonds. The highest BCUT2D eigenvalue weighted by Crippen LogP contribution is 2.26. The van der Waals surface area contributed by atoms with Crippen LogP contribution in [0, 0.1) is 5.82 Å². The molecular formula is C10H15ClFNO2. The Balaban J connectivity index is 0.00000196. The third-order valence-electron chi connectivity index (χ3n) is 2.18. The van der Waals surface area contributed by atoms with Gasteiger partial charge in [0.25, 0.3) is 0 Å². The molecule has 2 atom stereocenters. The summed E-state index contributed by atoms with van der Waals surface area (Å²) >= 11 is 0. The summed E-state index contributed by atoms with van der Waals surface area (Å²) in [6, 6.07) is 2.76. The smallest absolute Gasteiger partial charge is 0.123 e. The molecule has 5 heteroatoms. The number of aliphatic hydroxyl groups is 1. The van der Waals surface area contributed by atoms with Crippen molar-refractivity contribution in [3.8, 4) is 5.75 Å². The highest BCUT2D eigenvalue weighted by atomic mass is 35.5.